The second kappa shape index (κ2) is 22.1. The third kappa shape index (κ3) is 15.5. The van der Waals surface area contributed by atoms with Crippen molar-refractivity contribution in [3.8, 4) is 11.5 Å². The van der Waals surface area contributed by atoms with Gasteiger partial charge >= 0.3 is 0 Å². The SMILES string of the molecule is COc1ccc(S(N)(=O)=O)cc1C(=O)NCCCN1CCOCC1.COc1ccc(S(N)(=O)=O)cc1C(=O)NCCCN1CCOCC1.O=CO. The molecule has 0 spiro atoms. The number of rotatable bonds is 14. The van der Waals surface area contributed by atoms with Gasteiger partial charge in [0, 0.05) is 39.3 Å². The van der Waals surface area contributed by atoms with Crippen LogP contribution in [0.1, 0.15) is 33.6 Å². The van der Waals surface area contributed by atoms with E-state index in [4.69, 9.17) is 39.1 Å². The number of methoxy groups -OCH3 is 2. The Balaban J connectivity index is 0.000000328. The van der Waals surface area contributed by atoms with Crippen molar-refractivity contribution >= 4 is 38.3 Å². The summed E-state index contributed by atoms with van der Waals surface area (Å²) in [4.78, 5) is 37.3. The standard InChI is InChI=1S/2C15H23N3O5S.CH2O2/c2*1-22-14-4-3-12(24(16,20)21)11-13(14)15(19)17-5-2-6-18-7-9-23-10-8-18;2-1-3/h2*3-4,11H,2,5-10H2,1H3,(H,17,19)(H2,16,20,21);1H,(H,2,3). The molecule has 0 aliphatic carbocycles. The molecule has 0 saturated carbocycles. The van der Waals surface area contributed by atoms with Crippen molar-refractivity contribution in [3.05, 3.63) is 47.5 Å². The number of nitrogens with zero attached hydrogens (tertiary/aromatic N) is 2. The number of hydrogen-bond donors (Lipinski definition) is 5. The van der Waals surface area contributed by atoms with Gasteiger partial charge in [-0.3, -0.25) is 24.2 Å². The van der Waals surface area contributed by atoms with E-state index >= 15 is 0 Å². The first-order valence-corrected chi connectivity index (χ1v) is 19.0. The lowest BCUT2D eigenvalue weighted by Crippen LogP contribution is -2.38. The Labute approximate surface area is 298 Å². The van der Waals surface area contributed by atoms with Gasteiger partial charge in [-0.25, -0.2) is 27.1 Å². The number of sulfonamides is 2. The number of hydrogen-bond acceptors (Lipinski definition) is 13. The molecule has 0 radical (unpaired) electrons. The summed E-state index contributed by atoms with van der Waals surface area (Å²) in [6.07, 6.45) is 1.59. The Bertz CT molecular complexity index is 1510. The first-order valence-electron chi connectivity index (χ1n) is 15.9. The number of ether oxygens (including phenoxy) is 4. The summed E-state index contributed by atoms with van der Waals surface area (Å²) in [6.45, 7) is 9.03. The Hall–Kier alpha value is -3.89. The van der Waals surface area contributed by atoms with Gasteiger partial charge in [0.2, 0.25) is 20.0 Å². The number of nitrogens with one attached hydrogen (secondary N) is 2. The molecule has 0 unspecified atom stereocenters. The first-order chi connectivity index (χ1) is 24.2. The summed E-state index contributed by atoms with van der Waals surface area (Å²) in [5, 5.41) is 22.7. The molecule has 2 aromatic carbocycles. The van der Waals surface area contributed by atoms with E-state index in [1.807, 2.05) is 0 Å². The molecule has 2 amide bonds. The Morgan fingerprint density at radius 2 is 1.08 bits per heavy atom. The molecule has 51 heavy (non-hydrogen) atoms. The minimum absolute atomic E-state index is 0.123. The highest BCUT2D eigenvalue weighted by Crippen LogP contribution is 2.23. The fraction of sp³-hybridized carbons (Fsp3) is 0.516. The van der Waals surface area contributed by atoms with Gasteiger partial charge in [-0.2, -0.15) is 0 Å². The van der Waals surface area contributed by atoms with Crippen LogP contribution in [0.5, 0.6) is 11.5 Å². The van der Waals surface area contributed by atoms with Gasteiger partial charge in [-0.15, -0.1) is 0 Å². The molecule has 2 fully saturated rings. The molecule has 20 heteroatoms. The number of carboxylic acid groups (broad SMARTS) is 1. The molecule has 2 aliphatic heterocycles. The second-order valence-electron chi connectivity index (χ2n) is 11.0. The van der Waals surface area contributed by atoms with Gasteiger partial charge in [0.1, 0.15) is 11.5 Å². The van der Waals surface area contributed by atoms with Gasteiger partial charge in [-0.05, 0) is 62.3 Å². The van der Waals surface area contributed by atoms with Crippen LogP contribution in [0.15, 0.2) is 46.2 Å². The van der Waals surface area contributed by atoms with E-state index in [0.29, 0.717) is 24.6 Å². The number of morpholine rings is 2. The Morgan fingerprint density at radius 1 is 0.745 bits per heavy atom. The maximum atomic E-state index is 12.3. The minimum atomic E-state index is -3.88. The van der Waals surface area contributed by atoms with Crippen LogP contribution in [0.4, 0.5) is 0 Å². The van der Waals surface area contributed by atoms with Crippen LogP contribution >= 0.6 is 0 Å². The number of carbonyl (C=O) groups is 3. The van der Waals surface area contributed by atoms with E-state index in [1.54, 1.807) is 0 Å². The molecule has 2 aromatic rings. The van der Waals surface area contributed by atoms with Crippen LogP contribution in [-0.4, -0.2) is 143 Å². The number of carbonyl (C=O) groups excluding carboxylic acids is 2. The first kappa shape index (κ1) is 43.3. The lowest BCUT2D eigenvalue weighted by atomic mass is 10.2. The van der Waals surface area contributed by atoms with Gasteiger partial charge in [0.25, 0.3) is 18.3 Å². The average Bonchev–Trinajstić information content (AvgIpc) is 3.12. The number of nitrogens with two attached hydrogens (primary N) is 2. The van der Waals surface area contributed by atoms with Crippen LogP contribution in [0.25, 0.3) is 0 Å². The fourth-order valence-corrected chi connectivity index (χ4v) is 6.01. The molecule has 4 rings (SSSR count). The zero-order valence-electron chi connectivity index (χ0n) is 28.7. The molecular weight excluding hydrogens is 713 g/mol. The van der Waals surface area contributed by atoms with E-state index < -0.39 is 20.0 Å². The summed E-state index contributed by atoms with van der Waals surface area (Å²) >= 11 is 0. The van der Waals surface area contributed by atoms with Gasteiger partial charge in [-0.1, -0.05) is 0 Å². The van der Waals surface area contributed by atoms with E-state index in [-0.39, 0.29) is 39.2 Å². The third-order valence-electron chi connectivity index (χ3n) is 7.57. The van der Waals surface area contributed by atoms with Crippen LogP contribution in [-0.2, 0) is 34.3 Å². The predicted octanol–water partition coefficient (Wildman–Crippen LogP) is -0.710. The summed E-state index contributed by atoms with van der Waals surface area (Å²) in [7, 11) is -4.92. The van der Waals surface area contributed by atoms with E-state index in [2.05, 4.69) is 20.4 Å². The molecule has 0 aromatic heterocycles. The quantitative estimate of drug-likeness (QED) is 0.118. The third-order valence-corrected chi connectivity index (χ3v) is 9.39. The zero-order chi connectivity index (χ0) is 37.9. The summed E-state index contributed by atoms with van der Waals surface area (Å²) < 4.78 is 66.5. The van der Waals surface area contributed by atoms with Crippen molar-refractivity contribution in [1.82, 2.24) is 20.4 Å². The van der Waals surface area contributed by atoms with Crippen LogP contribution < -0.4 is 30.4 Å². The molecular formula is C31H48N6O12S2. The van der Waals surface area contributed by atoms with Crippen LogP contribution in [0.3, 0.4) is 0 Å². The molecule has 18 nitrogen and oxygen atoms in total. The highest BCUT2D eigenvalue weighted by Gasteiger charge is 2.19. The second-order valence-corrected chi connectivity index (χ2v) is 14.2. The van der Waals surface area contributed by atoms with Crippen LogP contribution in [0.2, 0.25) is 0 Å². The highest BCUT2D eigenvalue weighted by atomic mass is 32.2. The molecule has 2 saturated heterocycles. The van der Waals surface area contributed by atoms with Crippen molar-refractivity contribution in [2.45, 2.75) is 22.6 Å². The van der Waals surface area contributed by atoms with Crippen LogP contribution in [0, 0.1) is 0 Å². The topological polar surface area (TPSA) is 259 Å². The van der Waals surface area contributed by atoms with Crippen molar-refractivity contribution in [2.24, 2.45) is 10.3 Å². The van der Waals surface area contributed by atoms with Crippen molar-refractivity contribution < 1.29 is 55.3 Å². The molecule has 0 bridgehead atoms. The predicted molar refractivity (Wildman–Crippen MR) is 186 cm³/mol. The van der Waals surface area contributed by atoms with E-state index in [9.17, 15) is 26.4 Å². The fourth-order valence-electron chi connectivity index (χ4n) is 4.93. The van der Waals surface area contributed by atoms with Crippen molar-refractivity contribution in [1.29, 1.82) is 0 Å². The van der Waals surface area contributed by atoms with Crippen molar-refractivity contribution in [3.63, 3.8) is 0 Å². The smallest absolute Gasteiger partial charge is 0.290 e. The number of primary sulfonamides is 2. The normalized spacial score (nSPS) is 15.2. The van der Waals surface area contributed by atoms with Gasteiger partial charge in [0.05, 0.1) is 61.6 Å². The monoisotopic (exact) mass is 760 g/mol. The summed E-state index contributed by atoms with van der Waals surface area (Å²) in [5.74, 6) is -0.181. The largest absolute Gasteiger partial charge is 0.496 e. The lowest BCUT2D eigenvalue weighted by Gasteiger charge is -2.26. The number of amides is 2. The summed E-state index contributed by atoms with van der Waals surface area (Å²) in [5.41, 5.74) is 0.297. The number of benzene rings is 2. The lowest BCUT2D eigenvalue weighted by molar-refractivity contribution is -0.122. The summed E-state index contributed by atoms with van der Waals surface area (Å²) in [6, 6.07) is 7.91. The van der Waals surface area contributed by atoms with E-state index in [1.165, 1.54) is 50.6 Å². The molecule has 2 heterocycles. The highest BCUT2D eigenvalue weighted by molar-refractivity contribution is 7.89. The zero-order valence-corrected chi connectivity index (χ0v) is 30.4. The Morgan fingerprint density at radius 3 is 1.37 bits per heavy atom. The van der Waals surface area contributed by atoms with E-state index in [0.717, 1.165) is 78.5 Å². The Kier molecular flexibility index (Phi) is 18.8. The molecule has 2 aliphatic rings. The van der Waals surface area contributed by atoms with Gasteiger partial charge in [0.15, 0.2) is 0 Å². The van der Waals surface area contributed by atoms with Crippen molar-refractivity contribution in [2.75, 3.05) is 93.0 Å². The maximum absolute atomic E-state index is 12.3. The maximum Gasteiger partial charge on any atom is 0.290 e. The average molecular weight is 761 g/mol. The molecule has 286 valence electrons. The molecule has 7 N–H and O–H groups in total. The minimum Gasteiger partial charge on any atom is -0.496 e. The van der Waals surface area contributed by atoms with Gasteiger partial charge < -0.3 is 34.7 Å². The molecule has 0 atom stereocenters.